The lowest BCUT2D eigenvalue weighted by molar-refractivity contribution is -0.122. The SMILES string of the molecule is CC[C@@H](N)C(=O)NCCCC1CC1. The molecule has 0 bridgehead atoms. The van der Waals surface area contributed by atoms with E-state index in [1.165, 1.54) is 19.3 Å². The highest BCUT2D eigenvalue weighted by Crippen LogP contribution is 2.33. The van der Waals surface area contributed by atoms with Gasteiger partial charge >= 0.3 is 0 Å². The first-order chi connectivity index (χ1) is 6.24. The fraction of sp³-hybridized carbons (Fsp3) is 0.900. The van der Waals surface area contributed by atoms with E-state index in [-0.39, 0.29) is 11.9 Å². The summed E-state index contributed by atoms with van der Waals surface area (Å²) in [7, 11) is 0. The zero-order valence-corrected chi connectivity index (χ0v) is 8.38. The maximum atomic E-state index is 11.2. The van der Waals surface area contributed by atoms with Crippen molar-refractivity contribution in [1.82, 2.24) is 5.32 Å². The van der Waals surface area contributed by atoms with E-state index in [1.54, 1.807) is 0 Å². The summed E-state index contributed by atoms with van der Waals surface area (Å²) in [6, 6.07) is -0.319. The van der Waals surface area contributed by atoms with Crippen LogP contribution in [0.3, 0.4) is 0 Å². The Balaban J connectivity index is 1.94. The molecule has 1 aliphatic carbocycles. The topological polar surface area (TPSA) is 55.1 Å². The zero-order valence-electron chi connectivity index (χ0n) is 8.38. The van der Waals surface area contributed by atoms with Crippen LogP contribution < -0.4 is 11.1 Å². The van der Waals surface area contributed by atoms with Crippen LogP contribution in [0.4, 0.5) is 0 Å². The second-order valence-electron chi connectivity index (χ2n) is 3.89. The van der Waals surface area contributed by atoms with E-state index in [0.717, 1.165) is 18.9 Å². The van der Waals surface area contributed by atoms with Gasteiger partial charge in [0.25, 0.3) is 0 Å². The van der Waals surface area contributed by atoms with E-state index in [2.05, 4.69) is 5.32 Å². The molecule has 1 saturated carbocycles. The lowest BCUT2D eigenvalue weighted by Crippen LogP contribution is -2.40. The summed E-state index contributed by atoms with van der Waals surface area (Å²) in [4.78, 5) is 11.2. The number of carbonyl (C=O) groups excluding carboxylic acids is 1. The molecule has 0 spiro atoms. The number of hydrogen-bond donors (Lipinski definition) is 2. The maximum absolute atomic E-state index is 11.2. The van der Waals surface area contributed by atoms with Gasteiger partial charge in [0.15, 0.2) is 0 Å². The highest BCUT2D eigenvalue weighted by Gasteiger charge is 2.20. The van der Waals surface area contributed by atoms with E-state index in [9.17, 15) is 4.79 Å². The summed E-state index contributed by atoms with van der Waals surface area (Å²) in [5, 5.41) is 2.85. The quantitative estimate of drug-likeness (QED) is 0.606. The first-order valence-electron chi connectivity index (χ1n) is 5.27. The van der Waals surface area contributed by atoms with Crippen LogP contribution in [0.1, 0.15) is 39.0 Å². The lowest BCUT2D eigenvalue weighted by atomic mass is 10.2. The summed E-state index contributed by atoms with van der Waals surface area (Å²) in [5.74, 6) is 0.954. The minimum Gasteiger partial charge on any atom is -0.355 e. The van der Waals surface area contributed by atoms with Crippen LogP contribution in [-0.4, -0.2) is 18.5 Å². The highest BCUT2D eigenvalue weighted by molar-refractivity contribution is 5.81. The van der Waals surface area contributed by atoms with Crippen LogP contribution >= 0.6 is 0 Å². The Hall–Kier alpha value is -0.570. The van der Waals surface area contributed by atoms with Crippen LogP contribution in [0, 0.1) is 5.92 Å². The van der Waals surface area contributed by atoms with Crippen LogP contribution in [-0.2, 0) is 4.79 Å². The van der Waals surface area contributed by atoms with Crippen LogP contribution in [0.15, 0.2) is 0 Å². The van der Waals surface area contributed by atoms with Gasteiger partial charge in [0, 0.05) is 6.54 Å². The fourth-order valence-electron chi connectivity index (χ4n) is 1.33. The molecule has 1 rings (SSSR count). The summed E-state index contributed by atoms with van der Waals surface area (Å²) in [5.41, 5.74) is 5.56. The summed E-state index contributed by atoms with van der Waals surface area (Å²) in [6.07, 6.45) is 5.87. The third-order valence-electron chi connectivity index (χ3n) is 2.56. The van der Waals surface area contributed by atoms with Gasteiger partial charge in [0.1, 0.15) is 0 Å². The molecule has 0 aromatic heterocycles. The fourth-order valence-corrected chi connectivity index (χ4v) is 1.33. The number of hydrogen-bond acceptors (Lipinski definition) is 2. The molecule has 13 heavy (non-hydrogen) atoms. The first-order valence-corrected chi connectivity index (χ1v) is 5.27. The predicted octanol–water partition coefficient (Wildman–Crippen LogP) is 1.03. The van der Waals surface area contributed by atoms with Crippen molar-refractivity contribution < 1.29 is 4.79 Å². The van der Waals surface area contributed by atoms with E-state index < -0.39 is 0 Å². The number of nitrogens with two attached hydrogens (primary N) is 1. The summed E-state index contributed by atoms with van der Waals surface area (Å²) >= 11 is 0. The Morgan fingerprint density at radius 3 is 2.85 bits per heavy atom. The Morgan fingerprint density at radius 1 is 1.62 bits per heavy atom. The first kappa shape index (κ1) is 10.5. The number of rotatable bonds is 6. The van der Waals surface area contributed by atoms with Crippen molar-refractivity contribution in [3.63, 3.8) is 0 Å². The molecule has 1 atom stereocenters. The molecule has 3 nitrogen and oxygen atoms in total. The second-order valence-corrected chi connectivity index (χ2v) is 3.89. The average Bonchev–Trinajstić information content (AvgIpc) is 2.94. The summed E-state index contributed by atoms with van der Waals surface area (Å²) in [6.45, 7) is 2.72. The second kappa shape index (κ2) is 5.22. The third-order valence-corrected chi connectivity index (χ3v) is 2.56. The lowest BCUT2D eigenvalue weighted by Gasteiger charge is -2.09. The molecule has 0 aromatic rings. The molecule has 0 aromatic carbocycles. The number of amides is 1. The molecule has 1 aliphatic rings. The molecule has 0 radical (unpaired) electrons. The van der Waals surface area contributed by atoms with Crippen molar-refractivity contribution in [2.75, 3.05) is 6.54 Å². The van der Waals surface area contributed by atoms with Crippen LogP contribution in [0.5, 0.6) is 0 Å². The Kier molecular flexibility index (Phi) is 4.22. The van der Waals surface area contributed by atoms with Gasteiger partial charge in [0.2, 0.25) is 5.91 Å². The van der Waals surface area contributed by atoms with E-state index in [4.69, 9.17) is 5.73 Å². The van der Waals surface area contributed by atoms with Crippen molar-refractivity contribution in [2.45, 2.75) is 45.1 Å². The van der Waals surface area contributed by atoms with Gasteiger partial charge in [-0.2, -0.15) is 0 Å². The molecule has 3 heteroatoms. The molecule has 0 unspecified atom stereocenters. The van der Waals surface area contributed by atoms with Crippen LogP contribution in [0.2, 0.25) is 0 Å². The van der Waals surface area contributed by atoms with Gasteiger partial charge in [-0.3, -0.25) is 4.79 Å². The van der Waals surface area contributed by atoms with Gasteiger partial charge in [-0.25, -0.2) is 0 Å². The van der Waals surface area contributed by atoms with Gasteiger partial charge in [0.05, 0.1) is 6.04 Å². The standard InChI is InChI=1S/C10H20N2O/c1-2-9(11)10(13)12-7-3-4-8-5-6-8/h8-9H,2-7,11H2,1H3,(H,12,13)/t9-/m1/s1. The predicted molar refractivity (Wildman–Crippen MR) is 53.2 cm³/mol. The maximum Gasteiger partial charge on any atom is 0.236 e. The van der Waals surface area contributed by atoms with E-state index in [0.29, 0.717) is 6.42 Å². The van der Waals surface area contributed by atoms with Gasteiger partial charge in [-0.1, -0.05) is 19.8 Å². The van der Waals surface area contributed by atoms with E-state index >= 15 is 0 Å². The van der Waals surface area contributed by atoms with Gasteiger partial charge in [-0.05, 0) is 25.2 Å². The summed E-state index contributed by atoms with van der Waals surface area (Å²) < 4.78 is 0. The Labute approximate surface area is 80.1 Å². The molecule has 0 heterocycles. The largest absolute Gasteiger partial charge is 0.355 e. The van der Waals surface area contributed by atoms with Crippen molar-refractivity contribution in [3.8, 4) is 0 Å². The van der Waals surface area contributed by atoms with Gasteiger partial charge < -0.3 is 11.1 Å². The molecule has 0 saturated heterocycles. The number of carbonyl (C=O) groups is 1. The molecule has 1 fully saturated rings. The normalized spacial score (nSPS) is 18.3. The van der Waals surface area contributed by atoms with Crippen molar-refractivity contribution in [1.29, 1.82) is 0 Å². The average molecular weight is 184 g/mol. The van der Waals surface area contributed by atoms with E-state index in [1.807, 2.05) is 6.92 Å². The minimum absolute atomic E-state index is 0.00158. The van der Waals surface area contributed by atoms with Crippen molar-refractivity contribution in [2.24, 2.45) is 11.7 Å². The number of nitrogens with one attached hydrogen (secondary N) is 1. The Bertz CT molecular complexity index is 166. The molecule has 76 valence electrons. The molecule has 0 aliphatic heterocycles. The van der Waals surface area contributed by atoms with Crippen molar-refractivity contribution >= 4 is 5.91 Å². The minimum atomic E-state index is -0.319. The monoisotopic (exact) mass is 184 g/mol. The zero-order chi connectivity index (χ0) is 9.68. The smallest absolute Gasteiger partial charge is 0.236 e. The van der Waals surface area contributed by atoms with Crippen LogP contribution in [0.25, 0.3) is 0 Å². The molecule has 1 amide bonds. The molecular formula is C10H20N2O. The molecular weight excluding hydrogens is 164 g/mol. The third kappa shape index (κ3) is 4.27. The Morgan fingerprint density at radius 2 is 2.31 bits per heavy atom. The van der Waals surface area contributed by atoms with Crippen molar-refractivity contribution in [3.05, 3.63) is 0 Å². The molecule has 3 N–H and O–H groups in total. The van der Waals surface area contributed by atoms with Gasteiger partial charge in [-0.15, -0.1) is 0 Å². The highest BCUT2D eigenvalue weighted by atomic mass is 16.2.